The van der Waals surface area contributed by atoms with E-state index in [1.807, 2.05) is 0 Å². The van der Waals surface area contributed by atoms with Crippen LogP contribution in [-0.2, 0) is 0 Å². The van der Waals surface area contributed by atoms with Crippen molar-refractivity contribution in [3.63, 3.8) is 0 Å². The molecular formula is C17H17N5O4. The molecule has 9 heteroatoms. The first-order chi connectivity index (χ1) is 12.7. The largest absolute Gasteiger partial charge is 0.480 e. The van der Waals surface area contributed by atoms with E-state index in [1.54, 1.807) is 41.5 Å². The summed E-state index contributed by atoms with van der Waals surface area (Å²) in [5, 5.41) is 14.7. The van der Waals surface area contributed by atoms with Gasteiger partial charge in [0.05, 0.1) is 19.9 Å². The highest BCUT2D eigenvalue weighted by atomic mass is 16.5. The lowest BCUT2D eigenvalue weighted by Crippen LogP contribution is -2.31. The molecule has 4 heterocycles. The normalized spacial score (nSPS) is 16.7. The molecule has 3 aromatic heterocycles. The van der Waals surface area contributed by atoms with Crippen molar-refractivity contribution in [2.45, 2.75) is 12.5 Å². The zero-order chi connectivity index (χ0) is 17.9. The van der Waals surface area contributed by atoms with E-state index in [2.05, 4.69) is 20.4 Å². The molecule has 1 aliphatic rings. The molecule has 0 aliphatic carbocycles. The fourth-order valence-corrected chi connectivity index (χ4v) is 2.81. The van der Waals surface area contributed by atoms with Crippen molar-refractivity contribution in [2.75, 3.05) is 20.2 Å². The molecule has 4 rings (SSSR count). The number of furan rings is 1. The molecule has 9 nitrogen and oxygen atoms in total. The topological polar surface area (TPSA) is 106 Å². The van der Waals surface area contributed by atoms with E-state index in [1.165, 1.54) is 7.11 Å². The number of likely N-dealkylation sites (tertiary alicyclic amines) is 1. The van der Waals surface area contributed by atoms with Crippen LogP contribution in [0.5, 0.6) is 11.8 Å². The number of hydrogen-bond donors (Lipinski definition) is 1. The first-order valence-electron chi connectivity index (χ1n) is 8.16. The van der Waals surface area contributed by atoms with E-state index in [-0.39, 0.29) is 12.0 Å². The predicted molar refractivity (Wildman–Crippen MR) is 89.8 cm³/mol. The van der Waals surface area contributed by atoms with Gasteiger partial charge in [0.15, 0.2) is 11.5 Å². The smallest absolute Gasteiger partial charge is 0.274 e. The maximum atomic E-state index is 12.6. The lowest BCUT2D eigenvalue weighted by molar-refractivity contribution is 0.0765. The minimum Gasteiger partial charge on any atom is -0.480 e. The number of H-pyrrole nitrogens is 1. The van der Waals surface area contributed by atoms with Crippen molar-refractivity contribution in [3.05, 3.63) is 42.3 Å². The van der Waals surface area contributed by atoms with E-state index in [0.717, 1.165) is 6.42 Å². The van der Waals surface area contributed by atoms with Crippen molar-refractivity contribution < 1.29 is 18.7 Å². The van der Waals surface area contributed by atoms with Crippen LogP contribution in [0.2, 0.25) is 0 Å². The Bertz CT molecular complexity index is 875. The molecule has 1 atom stereocenters. The van der Waals surface area contributed by atoms with Crippen LogP contribution in [0.3, 0.4) is 0 Å². The van der Waals surface area contributed by atoms with Crippen LogP contribution in [0.25, 0.3) is 11.5 Å². The summed E-state index contributed by atoms with van der Waals surface area (Å²) in [6.07, 6.45) is 2.15. The highest BCUT2D eigenvalue weighted by Gasteiger charge is 2.30. The summed E-state index contributed by atoms with van der Waals surface area (Å²) >= 11 is 0. The van der Waals surface area contributed by atoms with Gasteiger partial charge in [-0.1, -0.05) is 0 Å². The van der Waals surface area contributed by atoms with Gasteiger partial charge in [-0.3, -0.25) is 9.89 Å². The molecule has 0 spiro atoms. The molecule has 26 heavy (non-hydrogen) atoms. The van der Waals surface area contributed by atoms with Crippen molar-refractivity contribution in [1.29, 1.82) is 0 Å². The van der Waals surface area contributed by atoms with E-state index in [0.29, 0.717) is 42.0 Å². The number of aromatic amines is 1. The number of amides is 1. The second-order valence-electron chi connectivity index (χ2n) is 5.84. The Kier molecular flexibility index (Phi) is 4.26. The second-order valence-corrected chi connectivity index (χ2v) is 5.84. The summed E-state index contributed by atoms with van der Waals surface area (Å²) in [6.45, 7) is 1.06. The molecule has 0 bridgehead atoms. The van der Waals surface area contributed by atoms with Crippen LogP contribution in [0.15, 0.2) is 41.0 Å². The standard InChI is InChI=1S/C17H17N5O4/c1-24-15-4-5-16(21-20-15)26-11-6-7-22(10-11)17(23)13-9-12(18-19-13)14-3-2-8-25-14/h2-5,8-9,11H,6-7,10H2,1H3,(H,18,19). The average Bonchev–Trinajstić information content (AvgIpc) is 3.42. The molecule has 0 saturated carbocycles. The Morgan fingerprint density at radius 2 is 2.15 bits per heavy atom. The number of rotatable bonds is 5. The van der Waals surface area contributed by atoms with E-state index >= 15 is 0 Å². The summed E-state index contributed by atoms with van der Waals surface area (Å²) in [5.41, 5.74) is 1.01. The molecular weight excluding hydrogens is 338 g/mol. The van der Waals surface area contributed by atoms with Crippen LogP contribution in [0, 0.1) is 0 Å². The van der Waals surface area contributed by atoms with Crippen molar-refractivity contribution in [1.82, 2.24) is 25.3 Å². The maximum Gasteiger partial charge on any atom is 0.274 e. The van der Waals surface area contributed by atoms with Crippen LogP contribution < -0.4 is 9.47 Å². The van der Waals surface area contributed by atoms with Crippen molar-refractivity contribution >= 4 is 5.91 Å². The van der Waals surface area contributed by atoms with Gasteiger partial charge in [0.25, 0.3) is 5.91 Å². The highest BCUT2D eigenvalue weighted by Crippen LogP contribution is 2.21. The van der Waals surface area contributed by atoms with Crippen LogP contribution >= 0.6 is 0 Å². The first kappa shape index (κ1) is 16.1. The number of aromatic nitrogens is 4. The van der Waals surface area contributed by atoms with E-state index < -0.39 is 0 Å². The van der Waals surface area contributed by atoms with Crippen LogP contribution in [-0.4, -0.2) is 57.5 Å². The second kappa shape index (κ2) is 6.87. The van der Waals surface area contributed by atoms with Crippen LogP contribution in [0.1, 0.15) is 16.9 Å². The van der Waals surface area contributed by atoms with E-state index in [9.17, 15) is 4.79 Å². The Labute approximate surface area is 148 Å². The number of carbonyl (C=O) groups is 1. The average molecular weight is 355 g/mol. The summed E-state index contributed by atoms with van der Waals surface area (Å²) in [6, 6.07) is 8.64. The minimum atomic E-state index is -0.147. The lowest BCUT2D eigenvalue weighted by atomic mass is 10.3. The van der Waals surface area contributed by atoms with Gasteiger partial charge in [0.1, 0.15) is 11.8 Å². The van der Waals surface area contributed by atoms with Gasteiger partial charge in [-0.05, 0) is 12.1 Å². The number of ether oxygens (including phenoxy) is 2. The zero-order valence-corrected chi connectivity index (χ0v) is 14.1. The molecule has 1 aliphatic heterocycles. The number of hydrogen-bond acceptors (Lipinski definition) is 7. The lowest BCUT2D eigenvalue weighted by Gasteiger charge is -2.15. The molecule has 1 N–H and O–H groups in total. The van der Waals surface area contributed by atoms with Crippen molar-refractivity contribution in [3.8, 4) is 23.2 Å². The number of methoxy groups -OCH3 is 1. The fraction of sp³-hybridized carbons (Fsp3) is 0.294. The molecule has 3 aromatic rings. The predicted octanol–water partition coefficient (Wildman–Crippen LogP) is 1.76. The van der Waals surface area contributed by atoms with Gasteiger partial charge in [0.2, 0.25) is 11.8 Å². The Morgan fingerprint density at radius 1 is 1.31 bits per heavy atom. The summed E-state index contributed by atoms with van der Waals surface area (Å²) < 4.78 is 16.1. The quantitative estimate of drug-likeness (QED) is 0.743. The monoisotopic (exact) mass is 355 g/mol. The first-order valence-corrected chi connectivity index (χ1v) is 8.16. The van der Waals surface area contributed by atoms with Gasteiger partial charge < -0.3 is 18.8 Å². The molecule has 1 amide bonds. The summed E-state index contributed by atoms with van der Waals surface area (Å²) in [4.78, 5) is 14.3. The third-order valence-electron chi connectivity index (χ3n) is 4.13. The molecule has 0 aromatic carbocycles. The Hall–Kier alpha value is -3.36. The summed E-state index contributed by atoms with van der Waals surface area (Å²) in [5.74, 6) is 1.32. The number of nitrogens with zero attached hydrogens (tertiary/aromatic N) is 4. The summed E-state index contributed by atoms with van der Waals surface area (Å²) in [7, 11) is 1.53. The van der Waals surface area contributed by atoms with Gasteiger partial charge >= 0.3 is 0 Å². The Morgan fingerprint density at radius 3 is 2.88 bits per heavy atom. The van der Waals surface area contributed by atoms with Gasteiger partial charge in [-0.2, -0.15) is 5.10 Å². The van der Waals surface area contributed by atoms with Crippen molar-refractivity contribution in [2.24, 2.45) is 0 Å². The molecule has 1 unspecified atom stereocenters. The minimum absolute atomic E-state index is 0.134. The van der Waals surface area contributed by atoms with Gasteiger partial charge in [-0.15, -0.1) is 10.2 Å². The van der Waals surface area contributed by atoms with Gasteiger partial charge in [0, 0.05) is 31.2 Å². The van der Waals surface area contributed by atoms with Gasteiger partial charge in [-0.25, -0.2) is 0 Å². The zero-order valence-electron chi connectivity index (χ0n) is 14.1. The molecule has 1 fully saturated rings. The Balaban J connectivity index is 1.37. The number of nitrogens with one attached hydrogen (secondary N) is 1. The maximum absolute atomic E-state index is 12.6. The fourth-order valence-electron chi connectivity index (χ4n) is 2.81. The highest BCUT2D eigenvalue weighted by molar-refractivity contribution is 5.93. The SMILES string of the molecule is COc1ccc(OC2CCN(C(=O)c3cc(-c4ccco4)[nH]n3)C2)nn1. The van der Waals surface area contributed by atoms with Crippen LogP contribution in [0.4, 0.5) is 0 Å². The third kappa shape index (κ3) is 3.23. The molecule has 1 saturated heterocycles. The molecule has 134 valence electrons. The third-order valence-corrected chi connectivity index (χ3v) is 4.13. The molecule has 0 radical (unpaired) electrons. The van der Waals surface area contributed by atoms with E-state index in [4.69, 9.17) is 13.9 Å². The number of carbonyl (C=O) groups excluding carboxylic acids is 1.